The van der Waals surface area contributed by atoms with Crippen LogP contribution >= 0.6 is 0 Å². The summed E-state index contributed by atoms with van der Waals surface area (Å²) in [6.07, 6.45) is 13.1. The summed E-state index contributed by atoms with van der Waals surface area (Å²) in [4.78, 5) is 0. The van der Waals surface area contributed by atoms with Crippen molar-refractivity contribution in [2.45, 2.75) is 31.3 Å². The highest BCUT2D eigenvalue weighted by Crippen LogP contribution is 2.43. The maximum atomic E-state index is 3.71. The first-order chi connectivity index (χ1) is 5.93. The largest absolute Gasteiger partial charge is 0.310 e. The van der Waals surface area contributed by atoms with Gasteiger partial charge in [0.1, 0.15) is 0 Å². The lowest BCUT2D eigenvalue weighted by Gasteiger charge is -2.22. The standard InChI is InChI=1S/C11H15N/c1-2-4-8(5-3-1)10-6-9-7-11(9)12-10/h1-4,8-12H,5-7H2/t8?,9-,10-,11+/m0/s1. The van der Waals surface area contributed by atoms with Crippen molar-refractivity contribution in [3.05, 3.63) is 24.3 Å². The van der Waals surface area contributed by atoms with Gasteiger partial charge >= 0.3 is 0 Å². The number of hydrogen-bond donors (Lipinski definition) is 1. The van der Waals surface area contributed by atoms with Crippen LogP contribution in [0.3, 0.4) is 0 Å². The number of fused-ring (bicyclic) bond motifs is 1. The molecule has 2 fully saturated rings. The highest BCUT2D eigenvalue weighted by Gasteiger charge is 2.46. The van der Waals surface area contributed by atoms with Crippen molar-refractivity contribution in [1.82, 2.24) is 5.32 Å². The van der Waals surface area contributed by atoms with Gasteiger partial charge in [-0.3, -0.25) is 0 Å². The fourth-order valence-corrected chi connectivity index (χ4v) is 2.58. The molecular weight excluding hydrogens is 146 g/mol. The van der Waals surface area contributed by atoms with E-state index in [1.54, 1.807) is 0 Å². The molecule has 2 aliphatic carbocycles. The lowest BCUT2D eigenvalue weighted by atomic mass is 9.91. The van der Waals surface area contributed by atoms with E-state index in [-0.39, 0.29) is 0 Å². The Bertz CT molecular complexity index is 231. The van der Waals surface area contributed by atoms with Gasteiger partial charge in [-0.1, -0.05) is 24.3 Å². The van der Waals surface area contributed by atoms with Crippen molar-refractivity contribution in [2.75, 3.05) is 0 Å². The Morgan fingerprint density at radius 1 is 1.08 bits per heavy atom. The van der Waals surface area contributed by atoms with Gasteiger partial charge in [0.25, 0.3) is 0 Å². The second kappa shape index (κ2) is 2.46. The third-order valence-corrected chi connectivity index (χ3v) is 3.44. The Hall–Kier alpha value is -0.560. The molecule has 1 nitrogen and oxygen atoms in total. The molecule has 0 spiro atoms. The SMILES string of the molecule is C1=CCC([C@@H]2C[C@H]3C[C@H]3N2)C=C1. The number of allylic oxidation sites excluding steroid dienone is 3. The molecule has 12 heavy (non-hydrogen) atoms. The van der Waals surface area contributed by atoms with Crippen molar-refractivity contribution in [3.63, 3.8) is 0 Å². The van der Waals surface area contributed by atoms with Gasteiger partial charge in [0.2, 0.25) is 0 Å². The molecule has 0 aromatic heterocycles. The van der Waals surface area contributed by atoms with E-state index in [1.807, 2.05) is 0 Å². The maximum absolute atomic E-state index is 3.71. The molecule has 4 atom stereocenters. The Labute approximate surface area is 73.5 Å². The molecular formula is C11H15N. The number of piperidine rings is 1. The van der Waals surface area contributed by atoms with Gasteiger partial charge in [-0.2, -0.15) is 0 Å². The van der Waals surface area contributed by atoms with E-state index < -0.39 is 0 Å². The zero-order valence-corrected chi connectivity index (χ0v) is 7.24. The first-order valence-corrected chi connectivity index (χ1v) is 5.03. The fraction of sp³-hybridized carbons (Fsp3) is 0.636. The van der Waals surface area contributed by atoms with E-state index in [0.717, 1.165) is 23.9 Å². The zero-order valence-electron chi connectivity index (χ0n) is 7.24. The first kappa shape index (κ1) is 6.90. The van der Waals surface area contributed by atoms with Gasteiger partial charge in [-0.05, 0) is 31.1 Å². The smallest absolute Gasteiger partial charge is 0.0139 e. The van der Waals surface area contributed by atoms with Gasteiger partial charge in [0, 0.05) is 12.1 Å². The number of hydrogen-bond acceptors (Lipinski definition) is 1. The second-order valence-electron chi connectivity index (χ2n) is 4.32. The Morgan fingerprint density at radius 2 is 2.00 bits per heavy atom. The predicted octanol–water partition coefficient (Wildman–Crippen LogP) is 1.87. The highest BCUT2D eigenvalue weighted by atomic mass is 15.1. The summed E-state index contributed by atoms with van der Waals surface area (Å²) in [5, 5.41) is 3.71. The van der Waals surface area contributed by atoms with E-state index in [4.69, 9.17) is 0 Å². The van der Waals surface area contributed by atoms with Gasteiger partial charge in [-0.25, -0.2) is 0 Å². The fourth-order valence-electron chi connectivity index (χ4n) is 2.58. The van der Waals surface area contributed by atoms with Crippen molar-refractivity contribution < 1.29 is 0 Å². The van der Waals surface area contributed by atoms with Crippen LogP contribution in [0.5, 0.6) is 0 Å². The molecule has 1 N–H and O–H groups in total. The average Bonchev–Trinajstić information content (AvgIpc) is 2.75. The van der Waals surface area contributed by atoms with Crippen LogP contribution in [0.4, 0.5) is 0 Å². The van der Waals surface area contributed by atoms with Crippen LogP contribution in [0.1, 0.15) is 19.3 Å². The lowest BCUT2D eigenvalue weighted by Crippen LogP contribution is -2.32. The predicted molar refractivity (Wildman–Crippen MR) is 49.8 cm³/mol. The van der Waals surface area contributed by atoms with E-state index >= 15 is 0 Å². The van der Waals surface area contributed by atoms with Crippen LogP contribution in [0.25, 0.3) is 0 Å². The number of rotatable bonds is 1. The van der Waals surface area contributed by atoms with Crippen molar-refractivity contribution in [3.8, 4) is 0 Å². The van der Waals surface area contributed by atoms with Crippen LogP contribution in [-0.4, -0.2) is 12.1 Å². The molecule has 0 aromatic carbocycles. The summed E-state index contributed by atoms with van der Waals surface area (Å²) in [6, 6.07) is 1.68. The minimum atomic E-state index is 0.780. The molecule has 1 heterocycles. The van der Waals surface area contributed by atoms with Crippen LogP contribution in [0.2, 0.25) is 0 Å². The van der Waals surface area contributed by atoms with Crippen molar-refractivity contribution >= 4 is 0 Å². The Kier molecular flexibility index (Phi) is 1.42. The van der Waals surface area contributed by atoms with E-state index in [1.165, 1.54) is 19.3 Å². The lowest BCUT2D eigenvalue weighted by molar-refractivity contribution is 0.424. The molecule has 1 saturated carbocycles. The summed E-state index contributed by atoms with van der Waals surface area (Å²) in [6.45, 7) is 0. The van der Waals surface area contributed by atoms with Gasteiger partial charge in [-0.15, -0.1) is 0 Å². The van der Waals surface area contributed by atoms with Crippen LogP contribution in [0, 0.1) is 11.8 Å². The minimum Gasteiger partial charge on any atom is -0.310 e. The number of nitrogens with one attached hydrogen (secondary N) is 1. The highest BCUT2D eigenvalue weighted by molar-refractivity contribution is 5.16. The summed E-state index contributed by atoms with van der Waals surface area (Å²) < 4.78 is 0. The summed E-state index contributed by atoms with van der Waals surface area (Å²) in [5.74, 6) is 1.82. The van der Waals surface area contributed by atoms with Crippen LogP contribution in [-0.2, 0) is 0 Å². The third kappa shape index (κ3) is 1.04. The monoisotopic (exact) mass is 161 g/mol. The quantitative estimate of drug-likeness (QED) is 0.619. The topological polar surface area (TPSA) is 12.0 Å². The second-order valence-corrected chi connectivity index (χ2v) is 4.32. The molecule has 3 rings (SSSR count). The molecule has 1 unspecified atom stereocenters. The zero-order chi connectivity index (χ0) is 7.97. The van der Waals surface area contributed by atoms with Crippen LogP contribution in [0.15, 0.2) is 24.3 Å². The Morgan fingerprint density at radius 3 is 2.67 bits per heavy atom. The van der Waals surface area contributed by atoms with Gasteiger partial charge in [0.05, 0.1) is 0 Å². The summed E-state index contributed by atoms with van der Waals surface area (Å²) in [5.41, 5.74) is 0. The summed E-state index contributed by atoms with van der Waals surface area (Å²) >= 11 is 0. The molecule has 1 saturated heterocycles. The van der Waals surface area contributed by atoms with Crippen molar-refractivity contribution in [1.29, 1.82) is 0 Å². The first-order valence-electron chi connectivity index (χ1n) is 5.03. The van der Waals surface area contributed by atoms with Gasteiger partial charge in [0.15, 0.2) is 0 Å². The van der Waals surface area contributed by atoms with E-state index in [2.05, 4.69) is 29.6 Å². The van der Waals surface area contributed by atoms with E-state index in [0.29, 0.717) is 0 Å². The molecule has 0 aromatic rings. The molecule has 0 bridgehead atoms. The summed E-state index contributed by atoms with van der Waals surface area (Å²) in [7, 11) is 0. The minimum absolute atomic E-state index is 0.780. The molecule has 0 radical (unpaired) electrons. The van der Waals surface area contributed by atoms with Crippen LogP contribution < -0.4 is 5.32 Å². The van der Waals surface area contributed by atoms with Gasteiger partial charge < -0.3 is 5.32 Å². The molecule has 1 heteroatoms. The molecule has 64 valence electrons. The Balaban J connectivity index is 1.66. The molecule has 0 amide bonds. The normalized spacial score (nSPS) is 49.3. The third-order valence-electron chi connectivity index (χ3n) is 3.44. The van der Waals surface area contributed by atoms with Crippen molar-refractivity contribution in [2.24, 2.45) is 11.8 Å². The maximum Gasteiger partial charge on any atom is 0.0139 e. The van der Waals surface area contributed by atoms with E-state index in [9.17, 15) is 0 Å². The molecule has 1 aliphatic heterocycles. The molecule has 3 aliphatic rings. The average molecular weight is 161 g/mol.